The zero-order valence-corrected chi connectivity index (χ0v) is 17.7. The van der Waals surface area contributed by atoms with Crippen molar-refractivity contribution in [2.75, 3.05) is 5.32 Å². The van der Waals surface area contributed by atoms with Gasteiger partial charge in [0.05, 0.1) is 27.2 Å². The van der Waals surface area contributed by atoms with Crippen LogP contribution in [0.5, 0.6) is 0 Å². The van der Waals surface area contributed by atoms with E-state index in [0.717, 1.165) is 0 Å². The predicted octanol–water partition coefficient (Wildman–Crippen LogP) is 6.79. The fraction of sp³-hybridized carbons (Fsp3) is 0.0588. The number of alkyl halides is 3. The molecule has 0 atom stereocenters. The van der Waals surface area contributed by atoms with Gasteiger partial charge in [0.15, 0.2) is 0 Å². The zero-order valence-electron chi connectivity index (χ0n) is 14.0. The predicted molar refractivity (Wildman–Crippen MR) is 112 cm³/mol. The maximum Gasteiger partial charge on any atom is 0.418 e. The van der Waals surface area contributed by atoms with E-state index in [1.54, 1.807) is 30.3 Å². The summed E-state index contributed by atoms with van der Waals surface area (Å²) in [5, 5.41) is 26.1. The Balaban J connectivity index is 2.34. The number of non-ortho nitro benzene ring substituents is 1. The molecule has 3 rings (SSSR count). The van der Waals surface area contributed by atoms with E-state index < -0.39 is 38.6 Å². The van der Waals surface area contributed by atoms with Crippen LogP contribution in [0.2, 0.25) is 0 Å². The summed E-state index contributed by atoms with van der Waals surface area (Å²) in [6.07, 6.45) is -5.06. The maximum absolute atomic E-state index is 13.6. The van der Waals surface area contributed by atoms with E-state index in [-0.39, 0.29) is 11.8 Å². The van der Waals surface area contributed by atoms with Crippen LogP contribution in [0.25, 0.3) is 10.8 Å². The molecule has 12 heteroatoms. The van der Waals surface area contributed by atoms with Crippen molar-refractivity contribution in [1.29, 1.82) is 0 Å². The number of hydrogen-bond donors (Lipinski definition) is 1. The van der Waals surface area contributed by atoms with Gasteiger partial charge < -0.3 is 5.32 Å². The molecule has 3 aromatic carbocycles. The Morgan fingerprint density at radius 3 is 2.14 bits per heavy atom. The van der Waals surface area contributed by atoms with Crippen LogP contribution in [-0.4, -0.2) is 9.85 Å². The summed E-state index contributed by atoms with van der Waals surface area (Å²) < 4.78 is 42.1. The lowest BCUT2D eigenvalue weighted by atomic mass is 10.1. The quantitative estimate of drug-likeness (QED) is 0.208. The number of nitrogens with one attached hydrogen (secondary N) is 1. The van der Waals surface area contributed by atoms with Crippen LogP contribution >= 0.6 is 38.5 Å². The highest BCUT2D eigenvalue weighted by Crippen LogP contribution is 2.45. The second-order valence-corrected chi connectivity index (χ2v) is 7.80. The van der Waals surface area contributed by atoms with Crippen molar-refractivity contribution in [3.63, 3.8) is 0 Å². The lowest BCUT2D eigenvalue weighted by Gasteiger charge is -2.17. The molecule has 0 aliphatic carbocycles. The summed E-state index contributed by atoms with van der Waals surface area (Å²) in [7, 11) is 0. The van der Waals surface area contributed by atoms with Crippen LogP contribution in [0.4, 0.5) is 35.9 Å². The van der Waals surface area contributed by atoms with E-state index in [4.69, 9.17) is 0 Å². The van der Waals surface area contributed by atoms with Gasteiger partial charge in [-0.2, -0.15) is 13.2 Å². The van der Waals surface area contributed by atoms with Crippen molar-refractivity contribution in [2.24, 2.45) is 0 Å². The Labute approximate surface area is 182 Å². The topological polar surface area (TPSA) is 98.3 Å². The van der Waals surface area contributed by atoms with E-state index in [1.807, 2.05) is 22.6 Å². The molecule has 150 valence electrons. The molecule has 0 aromatic heterocycles. The number of hydrogen-bond acceptors (Lipinski definition) is 5. The molecule has 3 aromatic rings. The van der Waals surface area contributed by atoms with Gasteiger partial charge in [-0.1, -0.05) is 40.2 Å². The highest BCUT2D eigenvalue weighted by Gasteiger charge is 2.40. The third-order valence-corrected chi connectivity index (χ3v) is 5.52. The average molecular weight is 582 g/mol. The number of anilines is 2. The van der Waals surface area contributed by atoms with E-state index in [2.05, 4.69) is 21.2 Å². The average Bonchev–Trinajstić information content (AvgIpc) is 2.63. The lowest BCUT2D eigenvalue weighted by Crippen LogP contribution is -2.12. The fourth-order valence-corrected chi connectivity index (χ4v) is 4.51. The van der Waals surface area contributed by atoms with Crippen LogP contribution in [0.15, 0.2) is 46.9 Å². The summed E-state index contributed by atoms with van der Waals surface area (Å²) in [5.41, 5.74) is -4.22. The van der Waals surface area contributed by atoms with Crippen molar-refractivity contribution < 1.29 is 23.0 Å². The SMILES string of the molecule is O=[N+]([O-])c1cc([N+](=O)[O-])c(Nc2c(I)cc(Br)c3ccccc23)c(C(F)(F)F)c1. The molecule has 0 aliphatic rings. The molecule has 0 aliphatic heterocycles. The van der Waals surface area contributed by atoms with Crippen molar-refractivity contribution in [3.05, 3.63) is 76.3 Å². The largest absolute Gasteiger partial charge is 0.418 e. The molecule has 0 unspecified atom stereocenters. The van der Waals surface area contributed by atoms with Gasteiger partial charge in [-0.25, -0.2) is 0 Å². The first-order chi connectivity index (χ1) is 13.5. The second kappa shape index (κ2) is 7.74. The first-order valence-corrected chi connectivity index (χ1v) is 9.55. The van der Waals surface area contributed by atoms with Crippen molar-refractivity contribution in [3.8, 4) is 0 Å². The number of halogens is 5. The minimum Gasteiger partial charge on any atom is -0.348 e. The summed E-state index contributed by atoms with van der Waals surface area (Å²) in [6.45, 7) is 0. The minimum absolute atomic E-state index is 0.215. The molecule has 1 N–H and O–H groups in total. The van der Waals surface area contributed by atoms with Crippen molar-refractivity contribution in [2.45, 2.75) is 6.18 Å². The maximum atomic E-state index is 13.6. The molecule has 0 bridgehead atoms. The van der Waals surface area contributed by atoms with Gasteiger partial charge in [-0.05, 0) is 34.0 Å². The fourth-order valence-electron chi connectivity index (χ4n) is 2.77. The van der Waals surface area contributed by atoms with E-state index in [9.17, 15) is 33.4 Å². The van der Waals surface area contributed by atoms with E-state index in [0.29, 0.717) is 24.9 Å². The normalized spacial score (nSPS) is 11.5. The van der Waals surface area contributed by atoms with Gasteiger partial charge in [0.1, 0.15) is 5.69 Å². The number of nitrogens with zero attached hydrogens (tertiary/aromatic N) is 2. The second-order valence-electron chi connectivity index (χ2n) is 5.79. The number of benzene rings is 3. The zero-order chi connectivity index (χ0) is 21.5. The van der Waals surface area contributed by atoms with Gasteiger partial charge in [0, 0.05) is 19.5 Å². The molecule has 0 saturated heterocycles. The summed E-state index contributed by atoms with van der Waals surface area (Å²) in [4.78, 5) is 20.2. The third-order valence-electron chi connectivity index (χ3n) is 4.01. The third kappa shape index (κ3) is 4.12. The summed E-state index contributed by atoms with van der Waals surface area (Å²) in [5.74, 6) is 0. The molecule has 0 fully saturated rings. The number of nitro groups is 2. The standard InChI is InChI=1S/C17H8BrF3IN3O4/c18-12-7-13(22)15(10-4-2-1-3-9(10)12)23-16-11(17(19,20)21)5-8(24(26)27)6-14(16)25(28)29/h1-7,23H. The Hall–Kier alpha value is -2.48. The monoisotopic (exact) mass is 581 g/mol. The number of fused-ring (bicyclic) bond motifs is 1. The van der Waals surface area contributed by atoms with Gasteiger partial charge in [0.25, 0.3) is 11.4 Å². The van der Waals surface area contributed by atoms with Crippen LogP contribution < -0.4 is 5.32 Å². The summed E-state index contributed by atoms with van der Waals surface area (Å²) in [6, 6.07) is 9.22. The van der Waals surface area contributed by atoms with Crippen LogP contribution in [0.1, 0.15) is 5.56 Å². The van der Waals surface area contributed by atoms with Crippen LogP contribution in [0.3, 0.4) is 0 Å². The molecular weight excluding hydrogens is 574 g/mol. The molecule has 29 heavy (non-hydrogen) atoms. The molecular formula is C17H8BrF3IN3O4. The highest BCUT2D eigenvalue weighted by molar-refractivity contribution is 14.1. The Morgan fingerprint density at radius 2 is 1.59 bits per heavy atom. The molecule has 0 radical (unpaired) electrons. The Kier molecular flexibility index (Phi) is 5.67. The molecule has 7 nitrogen and oxygen atoms in total. The smallest absolute Gasteiger partial charge is 0.348 e. The van der Waals surface area contributed by atoms with Crippen molar-refractivity contribution >= 4 is 72.0 Å². The van der Waals surface area contributed by atoms with E-state index >= 15 is 0 Å². The number of rotatable bonds is 4. The van der Waals surface area contributed by atoms with Gasteiger partial charge in [0.2, 0.25) is 0 Å². The molecule has 0 saturated carbocycles. The Bertz CT molecular complexity index is 1170. The van der Waals surface area contributed by atoms with Gasteiger partial charge >= 0.3 is 6.18 Å². The first kappa shape index (κ1) is 21.2. The highest BCUT2D eigenvalue weighted by atomic mass is 127. The Morgan fingerprint density at radius 1 is 0.966 bits per heavy atom. The van der Waals surface area contributed by atoms with E-state index in [1.165, 1.54) is 0 Å². The van der Waals surface area contributed by atoms with Crippen molar-refractivity contribution in [1.82, 2.24) is 0 Å². The summed E-state index contributed by atoms with van der Waals surface area (Å²) >= 11 is 5.27. The van der Waals surface area contributed by atoms with Crippen LogP contribution in [-0.2, 0) is 6.18 Å². The number of nitro benzene ring substituents is 2. The lowest BCUT2D eigenvalue weighted by molar-refractivity contribution is -0.394. The first-order valence-electron chi connectivity index (χ1n) is 7.68. The minimum atomic E-state index is -5.06. The van der Waals surface area contributed by atoms with Crippen LogP contribution in [0, 0.1) is 23.8 Å². The van der Waals surface area contributed by atoms with Gasteiger partial charge in [-0.15, -0.1) is 0 Å². The molecule has 0 amide bonds. The molecule has 0 spiro atoms. The van der Waals surface area contributed by atoms with Gasteiger partial charge in [-0.3, -0.25) is 20.2 Å². The molecule has 0 heterocycles.